The van der Waals surface area contributed by atoms with E-state index < -0.39 is 11.9 Å². The summed E-state index contributed by atoms with van der Waals surface area (Å²) in [5, 5.41) is 9.69. The van der Waals surface area contributed by atoms with Gasteiger partial charge in [0.05, 0.1) is 6.61 Å². The summed E-state index contributed by atoms with van der Waals surface area (Å²) in [6.07, 6.45) is -0.531. The summed E-state index contributed by atoms with van der Waals surface area (Å²) in [7, 11) is 1.51. The third-order valence-electron chi connectivity index (χ3n) is 3.07. The van der Waals surface area contributed by atoms with Crippen molar-refractivity contribution in [3.8, 4) is 11.8 Å². The summed E-state index contributed by atoms with van der Waals surface area (Å²) in [6.45, 7) is 0.276. The van der Waals surface area contributed by atoms with E-state index in [9.17, 15) is 4.39 Å². The normalized spacial score (nSPS) is 11.7. The Hall–Kier alpha value is -2.13. The number of hydrogen-bond acceptors (Lipinski definition) is 4. The van der Waals surface area contributed by atoms with Gasteiger partial charge in [0.25, 0.3) is 0 Å². The minimum Gasteiger partial charge on any atom is -0.482 e. The van der Waals surface area contributed by atoms with Crippen LogP contribution in [-0.4, -0.2) is 20.5 Å². The average molecular weight is 336 g/mol. The van der Waals surface area contributed by atoms with Crippen molar-refractivity contribution in [2.75, 3.05) is 20.5 Å². The number of methoxy groups -OCH3 is 1. The van der Waals surface area contributed by atoms with Gasteiger partial charge < -0.3 is 14.2 Å². The zero-order valence-corrected chi connectivity index (χ0v) is 13.2. The average Bonchev–Trinajstić information content (AvgIpc) is 2.55. The van der Waals surface area contributed by atoms with E-state index in [2.05, 4.69) is 0 Å². The molecule has 0 aromatic heterocycles. The van der Waals surface area contributed by atoms with Crippen molar-refractivity contribution >= 4 is 11.6 Å². The summed E-state index contributed by atoms with van der Waals surface area (Å²) in [4.78, 5) is 0. The second-order valence-corrected chi connectivity index (χ2v) is 5.10. The van der Waals surface area contributed by atoms with Gasteiger partial charge in [-0.2, -0.15) is 5.26 Å². The molecule has 0 saturated heterocycles. The van der Waals surface area contributed by atoms with E-state index in [1.165, 1.54) is 19.2 Å². The molecule has 2 aromatic carbocycles. The zero-order chi connectivity index (χ0) is 16.7. The van der Waals surface area contributed by atoms with Gasteiger partial charge in [0, 0.05) is 12.1 Å². The molecule has 0 radical (unpaired) electrons. The fraction of sp³-hybridized carbons (Fsp3) is 0.235. The van der Waals surface area contributed by atoms with Crippen molar-refractivity contribution in [1.29, 1.82) is 5.26 Å². The minimum absolute atomic E-state index is 0.0989. The van der Waals surface area contributed by atoms with Crippen LogP contribution in [0.2, 0.25) is 5.02 Å². The number of nitriles is 1. The number of hydrogen-bond donors (Lipinski definition) is 0. The van der Waals surface area contributed by atoms with Crippen LogP contribution in [0, 0.1) is 17.1 Å². The molecule has 0 N–H and O–H groups in total. The molecular weight excluding hydrogens is 321 g/mol. The third-order valence-corrected chi connectivity index (χ3v) is 3.32. The largest absolute Gasteiger partial charge is 0.482 e. The Labute approximate surface area is 139 Å². The first kappa shape index (κ1) is 17.2. The number of nitrogens with zero attached hydrogens (tertiary/aromatic N) is 1. The quantitative estimate of drug-likeness (QED) is 0.565. The predicted octanol–water partition coefficient (Wildman–Crippen LogP) is 4.09. The highest BCUT2D eigenvalue weighted by Crippen LogP contribution is 2.27. The molecule has 120 valence electrons. The first-order valence-electron chi connectivity index (χ1n) is 6.83. The molecule has 0 spiro atoms. The van der Waals surface area contributed by atoms with Gasteiger partial charge >= 0.3 is 0 Å². The van der Waals surface area contributed by atoms with E-state index in [1.807, 2.05) is 6.07 Å². The summed E-state index contributed by atoms with van der Waals surface area (Å²) < 4.78 is 29.7. The molecule has 0 saturated carbocycles. The van der Waals surface area contributed by atoms with Crippen LogP contribution in [0.4, 0.5) is 4.39 Å². The van der Waals surface area contributed by atoms with Crippen LogP contribution in [0.5, 0.6) is 5.75 Å². The maximum atomic E-state index is 13.7. The fourth-order valence-electron chi connectivity index (χ4n) is 1.98. The van der Waals surface area contributed by atoms with Crippen molar-refractivity contribution < 1.29 is 18.6 Å². The molecule has 23 heavy (non-hydrogen) atoms. The molecule has 0 aliphatic heterocycles. The third kappa shape index (κ3) is 4.67. The SMILES string of the molecule is COCOCC(Oc1cccc(F)c1C#N)c1ccc(Cl)cc1. The summed E-state index contributed by atoms with van der Waals surface area (Å²) >= 11 is 5.89. The molecule has 0 aliphatic rings. The van der Waals surface area contributed by atoms with Crippen LogP contribution < -0.4 is 4.74 Å². The van der Waals surface area contributed by atoms with Gasteiger partial charge in [0.15, 0.2) is 0 Å². The van der Waals surface area contributed by atoms with Crippen LogP contribution >= 0.6 is 11.6 Å². The number of benzene rings is 2. The van der Waals surface area contributed by atoms with Crippen molar-refractivity contribution in [3.63, 3.8) is 0 Å². The van der Waals surface area contributed by atoms with E-state index in [4.69, 9.17) is 31.1 Å². The maximum absolute atomic E-state index is 13.7. The lowest BCUT2D eigenvalue weighted by Crippen LogP contribution is -2.16. The predicted molar refractivity (Wildman–Crippen MR) is 83.8 cm³/mol. The number of ether oxygens (including phenoxy) is 3. The monoisotopic (exact) mass is 335 g/mol. The van der Waals surface area contributed by atoms with Crippen molar-refractivity contribution in [2.24, 2.45) is 0 Å². The van der Waals surface area contributed by atoms with E-state index in [0.29, 0.717) is 5.02 Å². The first-order chi connectivity index (χ1) is 11.2. The lowest BCUT2D eigenvalue weighted by molar-refractivity contribution is -0.0572. The van der Waals surface area contributed by atoms with Crippen molar-refractivity contribution in [2.45, 2.75) is 6.10 Å². The summed E-state index contributed by atoms with van der Waals surface area (Å²) in [6, 6.07) is 13.1. The molecule has 6 heteroatoms. The minimum atomic E-state index is -0.627. The first-order valence-corrected chi connectivity index (χ1v) is 7.21. The zero-order valence-electron chi connectivity index (χ0n) is 12.5. The van der Waals surface area contributed by atoms with Crippen LogP contribution in [0.25, 0.3) is 0 Å². The number of rotatable bonds is 7. The highest BCUT2D eigenvalue weighted by Gasteiger charge is 2.18. The number of halogens is 2. The lowest BCUT2D eigenvalue weighted by atomic mass is 10.1. The smallest absolute Gasteiger partial charge is 0.147 e. The Balaban J connectivity index is 2.26. The standard InChI is InChI=1S/C17H15ClFNO3/c1-21-11-22-10-17(12-5-7-13(18)8-6-12)23-16-4-2-3-15(19)14(16)9-20/h2-8,17H,10-11H2,1H3. The molecule has 0 amide bonds. The van der Waals surface area contributed by atoms with Gasteiger partial charge in [-0.05, 0) is 29.8 Å². The van der Waals surface area contributed by atoms with E-state index in [0.717, 1.165) is 5.56 Å². The van der Waals surface area contributed by atoms with Crippen LogP contribution in [0.15, 0.2) is 42.5 Å². The van der Waals surface area contributed by atoms with Gasteiger partial charge in [-0.1, -0.05) is 29.8 Å². The molecular formula is C17H15ClFNO3. The summed E-state index contributed by atoms with van der Waals surface area (Å²) in [5.41, 5.74) is 0.650. The molecule has 2 rings (SSSR count). The Morgan fingerprint density at radius 3 is 2.61 bits per heavy atom. The second-order valence-electron chi connectivity index (χ2n) is 4.66. The van der Waals surface area contributed by atoms with E-state index in [1.54, 1.807) is 30.3 Å². The summed E-state index contributed by atoms with van der Waals surface area (Å²) in [5.74, 6) is -0.467. The second kappa shape index (κ2) is 8.49. The van der Waals surface area contributed by atoms with Crippen LogP contribution in [0.1, 0.15) is 17.2 Å². The van der Waals surface area contributed by atoms with Gasteiger partial charge in [-0.15, -0.1) is 0 Å². The Morgan fingerprint density at radius 1 is 1.22 bits per heavy atom. The van der Waals surface area contributed by atoms with Crippen molar-refractivity contribution in [1.82, 2.24) is 0 Å². The molecule has 2 aromatic rings. The van der Waals surface area contributed by atoms with Gasteiger partial charge in [0.1, 0.15) is 36.1 Å². The van der Waals surface area contributed by atoms with Gasteiger partial charge in [0.2, 0.25) is 0 Å². The molecule has 4 nitrogen and oxygen atoms in total. The lowest BCUT2D eigenvalue weighted by Gasteiger charge is -2.20. The fourth-order valence-corrected chi connectivity index (χ4v) is 2.10. The Kier molecular flexibility index (Phi) is 6.36. The molecule has 1 unspecified atom stereocenters. The topological polar surface area (TPSA) is 51.5 Å². The van der Waals surface area contributed by atoms with Gasteiger partial charge in [-0.3, -0.25) is 0 Å². The highest BCUT2D eigenvalue weighted by molar-refractivity contribution is 6.30. The molecule has 0 heterocycles. The van der Waals surface area contributed by atoms with E-state index in [-0.39, 0.29) is 24.7 Å². The highest BCUT2D eigenvalue weighted by atomic mass is 35.5. The molecule has 0 aliphatic carbocycles. The van der Waals surface area contributed by atoms with E-state index >= 15 is 0 Å². The molecule has 0 bridgehead atoms. The van der Waals surface area contributed by atoms with Crippen molar-refractivity contribution in [3.05, 3.63) is 64.4 Å². The van der Waals surface area contributed by atoms with Crippen LogP contribution in [0.3, 0.4) is 0 Å². The Morgan fingerprint density at radius 2 is 1.96 bits per heavy atom. The Bertz CT molecular complexity index is 685. The van der Waals surface area contributed by atoms with Gasteiger partial charge in [-0.25, -0.2) is 4.39 Å². The maximum Gasteiger partial charge on any atom is 0.147 e. The molecule has 1 atom stereocenters. The molecule has 0 fully saturated rings. The van der Waals surface area contributed by atoms with Crippen LogP contribution in [-0.2, 0) is 9.47 Å².